The molecule has 1 saturated carbocycles. The molecule has 0 atom stereocenters. The first-order valence-electron chi connectivity index (χ1n) is 8.35. The van der Waals surface area contributed by atoms with E-state index in [1.165, 1.54) is 37.7 Å². The van der Waals surface area contributed by atoms with Gasteiger partial charge in [-0.05, 0) is 56.7 Å². The number of nitrogens with zero attached hydrogens (tertiary/aromatic N) is 1. The highest BCUT2D eigenvalue weighted by Crippen LogP contribution is 2.22. The number of carbonyl (C=O) groups excluding carboxylic acids is 1. The molecule has 3 nitrogen and oxygen atoms in total. The summed E-state index contributed by atoms with van der Waals surface area (Å²) in [5, 5.41) is 3.07. The van der Waals surface area contributed by atoms with Gasteiger partial charge in [0.2, 0.25) is 5.91 Å². The Morgan fingerprint density at radius 2 is 1.81 bits per heavy atom. The lowest BCUT2D eigenvalue weighted by atomic mass is 9.90. The maximum absolute atomic E-state index is 11.7. The van der Waals surface area contributed by atoms with E-state index in [-0.39, 0.29) is 5.91 Å². The van der Waals surface area contributed by atoms with Crippen LogP contribution in [-0.2, 0) is 11.2 Å². The molecule has 1 aliphatic carbocycles. The van der Waals surface area contributed by atoms with Crippen LogP contribution in [0.1, 0.15) is 37.7 Å². The topological polar surface area (TPSA) is 32.3 Å². The van der Waals surface area contributed by atoms with Gasteiger partial charge in [-0.3, -0.25) is 4.79 Å². The fourth-order valence-electron chi connectivity index (χ4n) is 3.15. The zero-order chi connectivity index (χ0) is 14.5. The standard InChI is InChI=1S/C18H26N2O/c21-18(19-17-6-7-17)10-13-20-11-8-16(9-12-20)14-15-4-2-1-3-5-15/h1-5,16-17H,6-14H2,(H,19,21). The third-order valence-corrected chi connectivity index (χ3v) is 4.67. The van der Waals surface area contributed by atoms with Gasteiger partial charge in [-0.1, -0.05) is 30.3 Å². The van der Waals surface area contributed by atoms with Gasteiger partial charge in [-0.2, -0.15) is 0 Å². The molecular formula is C18H26N2O. The highest BCUT2D eigenvalue weighted by Gasteiger charge is 2.24. The third kappa shape index (κ3) is 4.85. The minimum Gasteiger partial charge on any atom is -0.353 e. The molecule has 1 N–H and O–H groups in total. The van der Waals surface area contributed by atoms with E-state index in [9.17, 15) is 4.79 Å². The molecule has 0 radical (unpaired) electrons. The Bertz CT molecular complexity index is 448. The predicted octanol–water partition coefficient (Wildman–Crippen LogP) is 2.61. The van der Waals surface area contributed by atoms with Gasteiger partial charge in [-0.25, -0.2) is 0 Å². The van der Waals surface area contributed by atoms with E-state index in [0.717, 1.165) is 25.6 Å². The number of rotatable bonds is 6. The molecule has 21 heavy (non-hydrogen) atoms. The Kier molecular flexibility index (Phi) is 4.91. The molecule has 3 rings (SSSR count). The fraction of sp³-hybridized carbons (Fsp3) is 0.611. The van der Waals surface area contributed by atoms with Gasteiger partial charge in [0.25, 0.3) is 0 Å². The number of likely N-dealkylation sites (tertiary alicyclic amines) is 1. The largest absolute Gasteiger partial charge is 0.353 e. The molecule has 2 fully saturated rings. The van der Waals surface area contributed by atoms with Gasteiger partial charge >= 0.3 is 0 Å². The summed E-state index contributed by atoms with van der Waals surface area (Å²) in [4.78, 5) is 14.2. The molecule has 1 saturated heterocycles. The minimum atomic E-state index is 0.240. The molecule has 0 bridgehead atoms. The summed E-state index contributed by atoms with van der Waals surface area (Å²) in [6, 6.07) is 11.3. The van der Waals surface area contributed by atoms with Crippen LogP contribution >= 0.6 is 0 Å². The van der Waals surface area contributed by atoms with E-state index in [0.29, 0.717) is 12.5 Å². The molecule has 0 unspecified atom stereocenters. The van der Waals surface area contributed by atoms with Crippen LogP contribution in [0.4, 0.5) is 0 Å². The number of hydrogen-bond donors (Lipinski definition) is 1. The second kappa shape index (κ2) is 7.08. The van der Waals surface area contributed by atoms with E-state index in [1.54, 1.807) is 0 Å². The Hall–Kier alpha value is -1.35. The Morgan fingerprint density at radius 1 is 1.10 bits per heavy atom. The van der Waals surface area contributed by atoms with Crippen LogP contribution in [0.5, 0.6) is 0 Å². The number of amides is 1. The molecule has 3 heteroatoms. The summed E-state index contributed by atoms with van der Waals surface area (Å²) in [6.45, 7) is 3.22. The first kappa shape index (κ1) is 14.6. The van der Waals surface area contributed by atoms with Gasteiger partial charge in [0.1, 0.15) is 0 Å². The van der Waals surface area contributed by atoms with Gasteiger partial charge in [0.15, 0.2) is 0 Å². The van der Waals surface area contributed by atoms with Crippen molar-refractivity contribution in [2.75, 3.05) is 19.6 Å². The summed E-state index contributed by atoms with van der Waals surface area (Å²) in [5.74, 6) is 1.05. The summed E-state index contributed by atoms with van der Waals surface area (Å²) < 4.78 is 0. The SMILES string of the molecule is O=C(CCN1CCC(Cc2ccccc2)CC1)NC1CC1. The van der Waals surface area contributed by atoms with Crippen molar-refractivity contribution in [2.24, 2.45) is 5.92 Å². The van der Waals surface area contributed by atoms with E-state index in [2.05, 4.69) is 40.5 Å². The van der Waals surface area contributed by atoms with E-state index in [4.69, 9.17) is 0 Å². The Labute approximate surface area is 127 Å². The summed E-state index contributed by atoms with van der Waals surface area (Å²) in [5.41, 5.74) is 1.46. The first-order chi connectivity index (χ1) is 10.3. The highest BCUT2D eigenvalue weighted by molar-refractivity contribution is 5.76. The van der Waals surface area contributed by atoms with Crippen molar-refractivity contribution in [3.63, 3.8) is 0 Å². The second-order valence-corrected chi connectivity index (χ2v) is 6.57. The van der Waals surface area contributed by atoms with E-state index >= 15 is 0 Å². The zero-order valence-electron chi connectivity index (χ0n) is 12.8. The third-order valence-electron chi connectivity index (χ3n) is 4.67. The fourth-order valence-corrected chi connectivity index (χ4v) is 3.15. The molecule has 1 heterocycles. The van der Waals surface area contributed by atoms with Crippen molar-refractivity contribution >= 4 is 5.91 Å². The number of carbonyl (C=O) groups is 1. The van der Waals surface area contributed by atoms with Crippen LogP contribution < -0.4 is 5.32 Å². The molecule has 1 aromatic carbocycles. The molecule has 1 amide bonds. The quantitative estimate of drug-likeness (QED) is 0.872. The molecule has 0 spiro atoms. The predicted molar refractivity (Wildman–Crippen MR) is 85.1 cm³/mol. The lowest BCUT2D eigenvalue weighted by molar-refractivity contribution is -0.121. The second-order valence-electron chi connectivity index (χ2n) is 6.57. The number of benzene rings is 1. The van der Waals surface area contributed by atoms with Gasteiger partial charge in [0.05, 0.1) is 0 Å². The summed E-state index contributed by atoms with van der Waals surface area (Å²) >= 11 is 0. The minimum absolute atomic E-state index is 0.240. The Balaban J connectivity index is 1.33. The lowest BCUT2D eigenvalue weighted by Gasteiger charge is -2.31. The number of nitrogens with one attached hydrogen (secondary N) is 1. The summed E-state index contributed by atoms with van der Waals surface area (Å²) in [6.07, 6.45) is 6.75. The lowest BCUT2D eigenvalue weighted by Crippen LogP contribution is -2.37. The van der Waals surface area contributed by atoms with Crippen molar-refractivity contribution in [3.8, 4) is 0 Å². The first-order valence-corrected chi connectivity index (χ1v) is 8.35. The molecular weight excluding hydrogens is 260 g/mol. The maximum atomic E-state index is 11.7. The van der Waals surface area contributed by atoms with Crippen molar-refractivity contribution in [3.05, 3.63) is 35.9 Å². The van der Waals surface area contributed by atoms with Gasteiger partial charge in [-0.15, -0.1) is 0 Å². The Morgan fingerprint density at radius 3 is 2.48 bits per heavy atom. The highest BCUT2D eigenvalue weighted by atomic mass is 16.1. The van der Waals surface area contributed by atoms with Crippen LogP contribution in [0, 0.1) is 5.92 Å². The van der Waals surface area contributed by atoms with Crippen LogP contribution in [0.15, 0.2) is 30.3 Å². The maximum Gasteiger partial charge on any atom is 0.221 e. The van der Waals surface area contributed by atoms with E-state index < -0.39 is 0 Å². The van der Waals surface area contributed by atoms with Crippen LogP contribution in [0.25, 0.3) is 0 Å². The smallest absolute Gasteiger partial charge is 0.221 e. The van der Waals surface area contributed by atoms with Crippen molar-refractivity contribution in [1.82, 2.24) is 10.2 Å². The zero-order valence-corrected chi connectivity index (χ0v) is 12.8. The van der Waals surface area contributed by atoms with Crippen molar-refractivity contribution in [2.45, 2.75) is 44.6 Å². The molecule has 1 aliphatic heterocycles. The molecule has 1 aromatic rings. The monoisotopic (exact) mass is 286 g/mol. The average Bonchev–Trinajstić information content (AvgIpc) is 3.32. The van der Waals surface area contributed by atoms with Crippen molar-refractivity contribution in [1.29, 1.82) is 0 Å². The van der Waals surface area contributed by atoms with Crippen LogP contribution in [-0.4, -0.2) is 36.5 Å². The van der Waals surface area contributed by atoms with Gasteiger partial charge < -0.3 is 10.2 Å². The van der Waals surface area contributed by atoms with Gasteiger partial charge in [0, 0.05) is 19.0 Å². The number of hydrogen-bond acceptors (Lipinski definition) is 2. The van der Waals surface area contributed by atoms with Crippen molar-refractivity contribution < 1.29 is 4.79 Å². The molecule has 0 aromatic heterocycles. The van der Waals surface area contributed by atoms with E-state index in [1.807, 2.05) is 0 Å². The number of piperidine rings is 1. The molecule has 2 aliphatic rings. The van der Waals surface area contributed by atoms with Crippen LogP contribution in [0.2, 0.25) is 0 Å². The normalized spacial score (nSPS) is 20.4. The summed E-state index contributed by atoms with van der Waals surface area (Å²) in [7, 11) is 0. The molecule has 114 valence electrons. The van der Waals surface area contributed by atoms with Crippen LogP contribution in [0.3, 0.4) is 0 Å². The average molecular weight is 286 g/mol.